The first-order chi connectivity index (χ1) is 18.0. The molecule has 2 aromatic carbocycles. The third-order valence-corrected chi connectivity index (χ3v) is 7.47. The molecule has 3 heterocycles. The average molecular weight is 519 g/mol. The molecule has 3 amide bonds. The van der Waals surface area contributed by atoms with Crippen molar-refractivity contribution in [1.82, 2.24) is 19.4 Å². The Bertz CT molecular complexity index is 1450. The molecule has 200 valence electrons. The van der Waals surface area contributed by atoms with Gasteiger partial charge < -0.3 is 9.64 Å². The van der Waals surface area contributed by atoms with Crippen LogP contribution in [0.5, 0.6) is 0 Å². The van der Waals surface area contributed by atoms with Crippen LogP contribution >= 0.6 is 0 Å². The molecule has 0 saturated carbocycles. The topological polar surface area (TPSA) is 103 Å². The Morgan fingerprint density at radius 1 is 0.921 bits per heavy atom. The second kappa shape index (κ2) is 9.78. The maximum Gasteiger partial charge on any atom is 0.410 e. The number of nitrogens with zero attached hydrogens (tertiary/aromatic N) is 3. The van der Waals surface area contributed by atoms with Gasteiger partial charge in [0.15, 0.2) is 0 Å². The Labute approximate surface area is 221 Å². The van der Waals surface area contributed by atoms with E-state index in [4.69, 9.17) is 4.74 Å². The summed E-state index contributed by atoms with van der Waals surface area (Å²) in [6.45, 7) is 6.99. The lowest BCUT2D eigenvalue weighted by molar-refractivity contribution is -0.135. The molecule has 0 aliphatic carbocycles. The number of fused-ring (bicyclic) bond motifs is 1. The van der Waals surface area contributed by atoms with E-state index >= 15 is 0 Å². The largest absolute Gasteiger partial charge is 0.444 e. The van der Waals surface area contributed by atoms with Gasteiger partial charge in [-0.25, -0.2) is 9.59 Å². The number of carbonyl (C=O) groups is 3. The van der Waals surface area contributed by atoms with Gasteiger partial charge in [0.2, 0.25) is 11.8 Å². The number of benzene rings is 2. The van der Waals surface area contributed by atoms with Crippen molar-refractivity contribution in [3.05, 3.63) is 58.5 Å². The molecule has 1 aromatic heterocycles. The lowest BCUT2D eigenvalue weighted by atomic mass is 9.88. The van der Waals surface area contributed by atoms with E-state index in [2.05, 4.69) is 29.6 Å². The number of aromatic nitrogens is 2. The van der Waals surface area contributed by atoms with Crippen LogP contribution in [0.15, 0.2) is 47.3 Å². The summed E-state index contributed by atoms with van der Waals surface area (Å²) in [5.41, 5.74) is 3.88. The maximum atomic E-state index is 13.0. The van der Waals surface area contributed by atoms with Gasteiger partial charge in [0.05, 0.1) is 11.0 Å². The SMILES string of the molecule is Cn1c(=O)n(C2CCC(=O)NC2=O)c2ccc(-c3ccc(C4CCN(C(=O)OC(C)(C)C)CC4)cc3)cc21. The van der Waals surface area contributed by atoms with Gasteiger partial charge in [0, 0.05) is 26.6 Å². The van der Waals surface area contributed by atoms with Crippen molar-refractivity contribution in [2.75, 3.05) is 13.1 Å². The summed E-state index contributed by atoms with van der Waals surface area (Å²) in [6, 6.07) is 13.6. The van der Waals surface area contributed by atoms with Gasteiger partial charge in [0.25, 0.3) is 0 Å². The number of imidazole rings is 1. The normalized spacial score (nSPS) is 19.1. The number of likely N-dealkylation sites (tertiary alicyclic amines) is 1. The van der Waals surface area contributed by atoms with Crippen LogP contribution in [0.3, 0.4) is 0 Å². The lowest BCUT2D eigenvalue weighted by Gasteiger charge is -2.33. The Hall–Kier alpha value is -3.88. The van der Waals surface area contributed by atoms with Gasteiger partial charge in [-0.3, -0.25) is 24.0 Å². The van der Waals surface area contributed by atoms with Crippen LogP contribution in [-0.2, 0) is 21.4 Å². The van der Waals surface area contributed by atoms with E-state index in [0.29, 0.717) is 30.9 Å². The number of aryl methyl sites for hydroxylation is 1. The van der Waals surface area contributed by atoms with Gasteiger partial charge in [-0.15, -0.1) is 0 Å². The van der Waals surface area contributed by atoms with Crippen molar-refractivity contribution in [2.24, 2.45) is 7.05 Å². The fraction of sp³-hybridized carbons (Fsp3) is 0.448. The monoisotopic (exact) mass is 518 g/mol. The van der Waals surface area contributed by atoms with E-state index in [1.54, 1.807) is 16.5 Å². The Morgan fingerprint density at radius 2 is 1.58 bits per heavy atom. The van der Waals surface area contributed by atoms with E-state index in [1.807, 2.05) is 39.0 Å². The lowest BCUT2D eigenvalue weighted by Crippen LogP contribution is -2.44. The minimum absolute atomic E-state index is 0.212. The number of rotatable bonds is 3. The second-order valence-corrected chi connectivity index (χ2v) is 11.2. The highest BCUT2D eigenvalue weighted by atomic mass is 16.6. The number of amides is 3. The van der Waals surface area contributed by atoms with E-state index in [-0.39, 0.29) is 24.1 Å². The molecule has 1 N–H and O–H groups in total. The summed E-state index contributed by atoms with van der Waals surface area (Å²) in [6.07, 6.45) is 2.05. The fourth-order valence-corrected chi connectivity index (χ4v) is 5.44. The second-order valence-electron chi connectivity index (χ2n) is 11.2. The van der Waals surface area contributed by atoms with E-state index in [9.17, 15) is 19.2 Å². The first kappa shape index (κ1) is 25.8. The highest BCUT2D eigenvalue weighted by Crippen LogP contribution is 2.32. The molecular weight excluding hydrogens is 484 g/mol. The zero-order valence-electron chi connectivity index (χ0n) is 22.3. The summed E-state index contributed by atoms with van der Waals surface area (Å²) in [4.78, 5) is 51.2. The molecular formula is C29H34N4O5. The first-order valence-corrected chi connectivity index (χ1v) is 13.1. The molecule has 0 spiro atoms. The quantitative estimate of drug-likeness (QED) is 0.526. The molecule has 1 unspecified atom stereocenters. The molecule has 1 atom stereocenters. The number of nitrogens with one attached hydrogen (secondary N) is 1. The number of imide groups is 1. The molecule has 3 aromatic rings. The number of piperidine rings is 2. The minimum atomic E-state index is -0.698. The third-order valence-electron chi connectivity index (χ3n) is 7.47. The summed E-state index contributed by atoms with van der Waals surface area (Å²) < 4.78 is 8.55. The molecule has 9 heteroatoms. The smallest absolute Gasteiger partial charge is 0.410 e. The summed E-state index contributed by atoms with van der Waals surface area (Å²) in [5, 5.41) is 2.34. The summed E-state index contributed by atoms with van der Waals surface area (Å²) >= 11 is 0. The highest BCUT2D eigenvalue weighted by molar-refractivity contribution is 6.00. The van der Waals surface area contributed by atoms with Crippen molar-refractivity contribution in [1.29, 1.82) is 0 Å². The number of ether oxygens (including phenoxy) is 1. The van der Waals surface area contributed by atoms with E-state index in [0.717, 1.165) is 29.5 Å². The Kier molecular flexibility index (Phi) is 6.63. The summed E-state index contributed by atoms with van der Waals surface area (Å²) in [7, 11) is 1.70. The van der Waals surface area contributed by atoms with Gasteiger partial charge >= 0.3 is 11.8 Å². The van der Waals surface area contributed by atoms with Crippen molar-refractivity contribution >= 4 is 28.9 Å². The fourth-order valence-electron chi connectivity index (χ4n) is 5.44. The van der Waals surface area contributed by atoms with Crippen LogP contribution < -0.4 is 11.0 Å². The van der Waals surface area contributed by atoms with Crippen molar-refractivity contribution in [3.8, 4) is 11.1 Å². The molecule has 0 bridgehead atoms. The van der Waals surface area contributed by atoms with Crippen LogP contribution in [0.2, 0.25) is 0 Å². The Balaban J connectivity index is 1.32. The molecule has 2 aliphatic rings. The first-order valence-electron chi connectivity index (χ1n) is 13.1. The number of hydrogen-bond donors (Lipinski definition) is 1. The van der Waals surface area contributed by atoms with Crippen LogP contribution in [-0.4, -0.2) is 50.6 Å². The van der Waals surface area contributed by atoms with E-state index < -0.39 is 17.6 Å². The standard InChI is InChI=1S/C29H34N4O5/c1-29(2,3)38-28(37)32-15-13-20(14-16-32)18-5-7-19(8-6-18)21-9-10-22-24(17-21)31(4)27(36)33(22)23-11-12-25(34)30-26(23)35/h5-10,17,20,23H,11-16H2,1-4H3,(H,30,34,35). The van der Waals surface area contributed by atoms with Gasteiger partial charge in [-0.1, -0.05) is 30.3 Å². The Morgan fingerprint density at radius 3 is 2.21 bits per heavy atom. The van der Waals surface area contributed by atoms with Crippen LogP contribution in [0.4, 0.5) is 4.79 Å². The molecule has 0 radical (unpaired) electrons. The van der Waals surface area contributed by atoms with Crippen LogP contribution in [0.1, 0.15) is 64.0 Å². The predicted molar refractivity (Wildman–Crippen MR) is 144 cm³/mol. The molecule has 9 nitrogen and oxygen atoms in total. The van der Waals surface area contributed by atoms with Crippen molar-refractivity contribution in [3.63, 3.8) is 0 Å². The zero-order chi connectivity index (χ0) is 27.2. The van der Waals surface area contributed by atoms with Gasteiger partial charge in [-0.2, -0.15) is 0 Å². The maximum absolute atomic E-state index is 13.0. The molecule has 2 aliphatic heterocycles. The zero-order valence-corrected chi connectivity index (χ0v) is 22.3. The minimum Gasteiger partial charge on any atom is -0.444 e. The van der Waals surface area contributed by atoms with Crippen LogP contribution in [0.25, 0.3) is 22.2 Å². The van der Waals surface area contributed by atoms with Gasteiger partial charge in [-0.05, 0) is 74.8 Å². The molecule has 2 saturated heterocycles. The predicted octanol–water partition coefficient (Wildman–Crippen LogP) is 4.10. The summed E-state index contributed by atoms with van der Waals surface area (Å²) in [5.74, 6) is -0.361. The van der Waals surface area contributed by atoms with Gasteiger partial charge in [0.1, 0.15) is 11.6 Å². The highest BCUT2D eigenvalue weighted by Gasteiger charge is 2.31. The molecule has 38 heavy (non-hydrogen) atoms. The van der Waals surface area contributed by atoms with E-state index in [1.165, 1.54) is 10.1 Å². The molecule has 5 rings (SSSR count). The number of carbonyl (C=O) groups excluding carboxylic acids is 3. The number of hydrogen-bond acceptors (Lipinski definition) is 5. The van der Waals surface area contributed by atoms with Crippen molar-refractivity contribution < 1.29 is 19.1 Å². The molecule has 2 fully saturated rings. The van der Waals surface area contributed by atoms with Crippen molar-refractivity contribution in [2.45, 2.75) is 64.0 Å². The third kappa shape index (κ3) is 4.97. The average Bonchev–Trinajstić information content (AvgIpc) is 3.12. The van der Waals surface area contributed by atoms with Crippen LogP contribution in [0, 0.1) is 0 Å².